The average Bonchev–Trinajstić information content (AvgIpc) is 2.43. The number of urea groups is 1. The standard InChI is InChI=1S/C15H17N3O/c1-12-7-8-14(17-11-12)18-15(19)16-10-9-13-5-3-2-4-6-13/h2-8,11H,9-10H2,1H3,(H2,16,17,18,19). The lowest BCUT2D eigenvalue weighted by atomic mass is 10.1. The summed E-state index contributed by atoms with van der Waals surface area (Å²) in [5.74, 6) is 0.558. The first-order chi connectivity index (χ1) is 9.24. The lowest BCUT2D eigenvalue weighted by Crippen LogP contribution is -2.30. The number of benzene rings is 1. The fourth-order valence-electron chi connectivity index (χ4n) is 1.67. The fraction of sp³-hybridized carbons (Fsp3) is 0.200. The third-order valence-electron chi connectivity index (χ3n) is 2.70. The van der Waals surface area contributed by atoms with Crippen molar-refractivity contribution in [1.29, 1.82) is 0 Å². The molecule has 0 spiro atoms. The predicted octanol–water partition coefficient (Wildman–Crippen LogP) is 2.75. The summed E-state index contributed by atoms with van der Waals surface area (Å²) >= 11 is 0. The van der Waals surface area contributed by atoms with E-state index >= 15 is 0 Å². The maximum absolute atomic E-state index is 11.6. The highest BCUT2D eigenvalue weighted by Crippen LogP contribution is 2.03. The van der Waals surface area contributed by atoms with Crippen LogP contribution in [0.1, 0.15) is 11.1 Å². The van der Waals surface area contributed by atoms with Gasteiger partial charge in [0.15, 0.2) is 0 Å². The molecule has 0 bridgehead atoms. The zero-order valence-corrected chi connectivity index (χ0v) is 10.9. The molecule has 0 fully saturated rings. The SMILES string of the molecule is Cc1ccc(NC(=O)NCCc2ccccc2)nc1. The normalized spacial score (nSPS) is 9.95. The zero-order chi connectivity index (χ0) is 13.5. The van der Waals surface area contributed by atoms with Gasteiger partial charge in [-0.2, -0.15) is 0 Å². The molecular weight excluding hydrogens is 238 g/mol. The largest absolute Gasteiger partial charge is 0.337 e. The monoisotopic (exact) mass is 255 g/mol. The third kappa shape index (κ3) is 4.43. The van der Waals surface area contributed by atoms with E-state index in [0.29, 0.717) is 12.4 Å². The maximum atomic E-state index is 11.6. The minimum atomic E-state index is -0.229. The molecule has 0 aliphatic carbocycles. The number of pyridine rings is 1. The molecular formula is C15H17N3O. The van der Waals surface area contributed by atoms with E-state index < -0.39 is 0 Å². The minimum absolute atomic E-state index is 0.229. The van der Waals surface area contributed by atoms with E-state index in [1.54, 1.807) is 12.3 Å². The first-order valence-electron chi connectivity index (χ1n) is 6.25. The number of anilines is 1. The van der Waals surface area contributed by atoms with E-state index in [1.807, 2.05) is 43.3 Å². The molecule has 0 saturated heterocycles. The first-order valence-corrected chi connectivity index (χ1v) is 6.25. The molecule has 0 atom stereocenters. The second kappa shape index (κ2) is 6.54. The van der Waals surface area contributed by atoms with Gasteiger partial charge in [-0.05, 0) is 30.5 Å². The summed E-state index contributed by atoms with van der Waals surface area (Å²) in [6, 6.07) is 13.5. The molecule has 1 heterocycles. The van der Waals surface area contributed by atoms with Gasteiger partial charge in [0.2, 0.25) is 0 Å². The van der Waals surface area contributed by atoms with Crippen molar-refractivity contribution in [3.05, 3.63) is 59.8 Å². The molecule has 0 aliphatic heterocycles. The predicted molar refractivity (Wildman–Crippen MR) is 76.1 cm³/mol. The van der Waals surface area contributed by atoms with Crippen molar-refractivity contribution in [2.24, 2.45) is 0 Å². The molecule has 0 saturated carbocycles. The van der Waals surface area contributed by atoms with Gasteiger partial charge in [0, 0.05) is 12.7 Å². The van der Waals surface area contributed by atoms with Gasteiger partial charge in [0.25, 0.3) is 0 Å². The van der Waals surface area contributed by atoms with Gasteiger partial charge in [0.05, 0.1) is 0 Å². The van der Waals surface area contributed by atoms with Crippen LogP contribution >= 0.6 is 0 Å². The Labute approximate surface area is 112 Å². The zero-order valence-electron chi connectivity index (χ0n) is 10.9. The fourth-order valence-corrected chi connectivity index (χ4v) is 1.67. The molecule has 0 unspecified atom stereocenters. The van der Waals surface area contributed by atoms with Crippen molar-refractivity contribution in [2.45, 2.75) is 13.3 Å². The van der Waals surface area contributed by atoms with Crippen LogP contribution in [0.2, 0.25) is 0 Å². The summed E-state index contributed by atoms with van der Waals surface area (Å²) in [6.45, 7) is 2.55. The highest BCUT2D eigenvalue weighted by molar-refractivity contribution is 5.88. The van der Waals surface area contributed by atoms with Crippen LogP contribution in [0, 0.1) is 6.92 Å². The Kier molecular flexibility index (Phi) is 4.50. The van der Waals surface area contributed by atoms with Gasteiger partial charge in [0.1, 0.15) is 5.82 Å². The number of amides is 2. The number of aromatic nitrogens is 1. The smallest absolute Gasteiger partial charge is 0.320 e. The molecule has 2 N–H and O–H groups in total. The van der Waals surface area contributed by atoms with Crippen LogP contribution in [-0.4, -0.2) is 17.6 Å². The summed E-state index contributed by atoms with van der Waals surface area (Å²) in [4.78, 5) is 15.7. The lowest BCUT2D eigenvalue weighted by Gasteiger charge is -2.07. The minimum Gasteiger partial charge on any atom is -0.337 e. The average molecular weight is 255 g/mol. The van der Waals surface area contributed by atoms with Gasteiger partial charge < -0.3 is 5.32 Å². The van der Waals surface area contributed by atoms with Crippen LogP contribution in [0.25, 0.3) is 0 Å². The van der Waals surface area contributed by atoms with Gasteiger partial charge in [-0.1, -0.05) is 36.4 Å². The van der Waals surface area contributed by atoms with Crippen LogP contribution in [0.4, 0.5) is 10.6 Å². The molecule has 19 heavy (non-hydrogen) atoms. The van der Waals surface area contributed by atoms with Gasteiger partial charge >= 0.3 is 6.03 Å². The van der Waals surface area contributed by atoms with Crippen LogP contribution in [0.15, 0.2) is 48.7 Å². The van der Waals surface area contributed by atoms with E-state index in [2.05, 4.69) is 15.6 Å². The summed E-state index contributed by atoms with van der Waals surface area (Å²) in [6.07, 6.45) is 2.54. The number of nitrogens with zero attached hydrogens (tertiary/aromatic N) is 1. The van der Waals surface area contributed by atoms with Crippen molar-refractivity contribution in [1.82, 2.24) is 10.3 Å². The number of hydrogen-bond donors (Lipinski definition) is 2. The number of nitrogens with one attached hydrogen (secondary N) is 2. The van der Waals surface area contributed by atoms with Gasteiger partial charge in [-0.25, -0.2) is 9.78 Å². The molecule has 2 amide bonds. The second-order valence-corrected chi connectivity index (χ2v) is 4.34. The van der Waals surface area contributed by atoms with Crippen molar-refractivity contribution in [2.75, 3.05) is 11.9 Å². The second-order valence-electron chi connectivity index (χ2n) is 4.34. The molecule has 1 aromatic heterocycles. The maximum Gasteiger partial charge on any atom is 0.320 e. The Morgan fingerprint density at radius 3 is 2.63 bits per heavy atom. The molecule has 1 aromatic carbocycles. The van der Waals surface area contributed by atoms with Crippen LogP contribution in [0.3, 0.4) is 0 Å². The number of carbonyl (C=O) groups is 1. The Bertz CT molecular complexity index is 523. The van der Waals surface area contributed by atoms with Gasteiger partial charge in [-0.3, -0.25) is 5.32 Å². The van der Waals surface area contributed by atoms with Crippen molar-refractivity contribution >= 4 is 11.8 Å². The number of hydrogen-bond acceptors (Lipinski definition) is 2. The van der Waals surface area contributed by atoms with E-state index in [1.165, 1.54) is 5.56 Å². The molecule has 0 aliphatic rings. The lowest BCUT2D eigenvalue weighted by molar-refractivity contribution is 0.252. The van der Waals surface area contributed by atoms with Crippen LogP contribution in [0.5, 0.6) is 0 Å². The number of carbonyl (C=O) groups excluding carboxylic acids is 1. The highest BCUT2D eigenvalue weighted by atomic mass is 16.2. The van der Waals surface area contributed by atoms with E-state index in [0.717, 1.165) is 12.0 Å². The summed E-state index contributed by atoms with van der Waals surface area (Å²) in [5, 5.41) is 5.50. The van der Waals surface area contributed by atoms with E-state index in [4.69, 9.17) is 0 Å². The Balaban J connectivity index is 1.74. The topological polar surface area (TPSA) is 54.0 Å². The Morgan fingerprint density at radius 2 is 1.95 bits per heavy atom. The van der Waals surface area contributed by atoms with E-state index in [9.17, 15) is 4.79 Å². The molecule has 98 valence electrons. The Morgan fingerprint density at radius 1 is 1.16 bits per heavy atom. The van der Waals surface area contributed by atoms with Crippen LogP contribution < -0.4 is 10.6 Å². The van der Waals surface area contributed by atoms with Crippen molar-refractivity contribution < 1.29 is 4.79 Å². The summed E-state index contributed by atoms with van der Waals surface area (Å²) < 4.78 is 0. The molecule has 2 aromatic rings. The summed E-state index contributed by atoms with van der Waals surface area (Å²) in [5.41, 5.74) is 2.27. The highest BCUT2D eigenvalue weighted by Gasteiger charge is 2.01. The van der Waals surface area contributed by atoms with Gasteiger partial charge in [-0.15, -0.1) is 0 Å². The third-order valence-corrected chi connectivity index (χ3v) is 2.70. The molecule has 2 rings (SSSR count). The number of rotatable bonds is 4. The quantitative estimate of drug-likeness (QED) is 0.882. The summed E-state index contributed by atoms with van der Waals surface area (Å²) in [7, 11) is 0. The molecule has 4 heteroatoms. The number of aryl methyl sites for hydroxylation is 1. The van der Waals surface area contributed by atoms with E-state index in [-0.39, 0.29) is 6.03 Å². The van der Waals surface area contributed by atoms with Crippen molar-refractivity contribution in [3.63, 3.8) is 0 Å². The Hall–Kier alpha value is -2.36. The molecule has 0 radical (unpaired) electrons. The van der Waals surface area contributed by atoms with Crippen molar-refractivity contribution in [3.8, 4) is 0 Å². The van der Waals surface area contributed by atoms with Crippen LogP contribution in [-0.2, 0) is 6.42 Å². The molecule has 4 nitrogen and oxygen atoms in total. The first kappa shape index (κ1) is 13.1.